The monoisotopic (exact) mass is 379 g/mol. The summed E-state index contributed by atoms with van der Waals surface area (Å²) >= 11 is 0. The fourth-order valence-corrected chi connectivity index (χ4v) is 3.87. The fraction of sp³-hybridized carbons (Fsp3) is 0.364. The van der Waals surface area contributed by atoms with Gasteiger partial charge in [-0.2, -0.15) is 5.26 Å². The van der Waals surface area contributed by atoms with Crippen molar-refractivity contribution in [3.05, 3.63) is 54.1 Å². The highest BCUT2D eigenvalue weighted by Crippen LogP contribution is 2.41. The largest absolute Gasteiger partial charge is 0.496 e. The number of rotatable bonds is 6. The Morgan fingerprint density at radius 2 is 1.89 bits per heavy atom. The van der Waals surface area contributed by atoms with Gasteiger partial charge in [0.25, 0.3) is 0 Å². The molecule has 6 nitrogen and oxygen atoms in total. The normalized spacial score (nSPS) is 21.1. The van der Waals surface area contributed by atoms with Crippen LogP contribution in [0.15, 0.2) is 48.5 Å². The lowest BCUT2D eigenvalue weighted by molar-refractivity contribution is -0.147. The summed E-state index contributed by atoms with van der Waals surface area (Å²) in [6, 6.07) is 17.0. The maximum Gasteiger partial charge on any atom is 0.238 e. The number of hydrogen-bond acceptors (Lipinski definition) is 5. The average Bonchev–Trinajstić information content (AvgIpc) is 2.68. The minimum absolute atomic E-state index is 0.141. The van der Waals surface area contributed by atoms with Crippen molar-refractivity contribution in [1.29, 1.82) is 5.26 Å². The molecular formula is C22H25N3O3. The van der Waals surface area contributed by atoms with E-state index < -0.39 is 6.04 Å². The number of carbonyl (C=O) groups excluding carboxylic acids is 1. The minimum Gasteiger partial charge on any atom is -0.496 e. The maximum atomic E-state index is 12.5. The molecule has 1 aliphatic rings. The number of para-hydroxylation sites is 1. The first kappa shape index (κ1) is 19.9. The van der Waals surface area contributed by atoms with Gasteiger partial charge >= 0.3 is 0 Å². The molecule has 3 rings (SSSR count). The second kappa shape index (κ2) is 8.42. The number of amides is 1. The van der Waals surface area contributed by atoms with Gasteiger partial charge in [-0.25, -0.2) is 0 Å². The van der Waals surface area contributed by atoms with E-state index in [1.54, 1.807) is 26.1 Å². The summed E-state index contributed by atoms with van der Waals surface area (Å²) in [5.41, 5.74) is 2.94. The highest BCUT2D eigenvalue weighted by atomic mass is 16.5. The zero-order valence-electron chi connectivity index (χ0n) is 16.4. The first-order valence-corrected chi connectivity index (χ1v) is 9.21. The van der Waals surface area contributed by atoms with Crippen molar-refractivity contribution in [3.63, 3.8) is 0 Å². The number of benzene rings is 2. The van der Waals surface area contributed by atoms with E-state index in [2.05, 4.69) is 6.07 Å². The summed E-state index contributed by atoms with van der Waals surface area (Å²) in [5, 5.41) is 19.5. The van der Waals surface area contributed by atoms with Crippen molar-refractivity contribution < 1.29 is 14.6 Å². The molecule has 1 saturated heterocycles. The number of ether oxygens (including phenoxy) is 1. The first-order valence-electron chi connectivity index (χ1n) is 9.21. The van der Waals surface area contributed by atoms with Crippen LogP contribution in [0.25, 0.3) is 11.1 Å². The van der Waals surface area contributed by atoms with E-state index in [-0.39, 0.29) is 31.0 Å². The minimum atomic E-state index is -0.568. The fourth-order valence-electron chi connectivity index (χ4n) is 3.87. The molecule has 0 unspecified atom stereocenters. The SMILES string of the molecule is COc1ccccc1-c1ccc([C@H]2[C@@H](C#N)N(C(=O)CN(C)C)[C@@H]2CO)cc1. The summed E-state index contributed by atoms with van der Waals surface area (Å²) in [7, 11) is 5.26. The molecule has 1 amide bonds. The third kappa shape index (κ3) is 3.59. The van der Waals surface area contributed by atoms with Crippen LogP contribution in [-0.2, 0) is 4.79 Å². The average molecular weight is 379 g/mol. The van der Waals surface area contributed by atoms with Crippen molar-refractivity contribution in [2.45, 2.75) is 18.0 Å². The van der Waals surface area contributed by atoms with Crippen molar-refractivity contribution >= 4 is 5.91 Å². The third-order valence-corrected chi connectivity index (χ3v) is 5.18. The van der Waals surface area contributed by atoms with Crippen molar-refractivity contribution in [3.8, 4) is 22.9 Å². The molecule has 1 N–H and O–H groups in total. The standard InChI is InChI=1S/C22H25N3O3/c1-24(2)13-21(27)25-18(12-23)22(19(25)14-26)16-10-8-15(9-11-16)17-6-4-5-7-20(17)28-3/h4-11,18-19,22,26H,13-14H2,1-3H3/t18-,19-,22+/m1/s1. The van der Waals surface area contributed by atoms with Crippen LogP contribution in [0, 0.1) is 11.3 Å². The van der Waals surface area contributed by atoms with E-state index >= 15 is 0 Å². The molecule has 2 aromatic rings. The Bertz CT molecular complexity index is 873. The molecule has 0 bridgehead atoms. The van der Waals surface area contributed by atoms with E-state index in [1.165, 1.54) is 4.90 Å². The topological polar surface area (TPSA) is 76.8 Å². The van der Waals surface area contributed by atoms with Gasteiger partial charge in [0.1, 0.15) is 11.8 Å². The molecular weight excluding hydrogens is 354 g/mol. The van der Waals surface area contributed by atoms with Crippen LogP contribution in [0.3, 0.4) is 0 Å². The van der Waals surface area contributed by atoms with Crippen molar-refractivity contribution in [2.24, 2.45) is 0 Å². The summed E-state index contributed by atoms with van der Waals surface area (Å²) in [6.07, 6.45) is 0. The smallest absolute Gasteiger partial charge is 0.238 e. The molecule has 0 aromatic heterocycles. The predicted octanol–water partition coefficient (Wildman–Crippen LogP) is 2.10. The van der Waals surface area contributed by atoms with Crippen LogP contribution in [0.5, 0.6) is 5.75 Å². The van der Waals surface area contributed by atoms with E-state index in [1.807, 2.05) is 48.5 Å². The molecule has 0 spiro atoms. The molecule has 0 aliphatic carbocycles. The number of likely N-dealkylation sites (N-methyl/N-ethyl adjacent to an activating group) is 1. The Kier molecular flexibility index (Phi) is 5.98. The van der Waals surface area contributed by atoms with Gasteiger partial charge in [-0.15, -0.1) is 0 Å². The Balaban J connectivity index is 1.85. The molecule has 0 saturated carbocycles. The molecule has 1 heterocycles. The van der Waals surface area contributed by atoms with Crippen molar-refractivity contribution in [1.82, 2.24) is 9.80 Å². The predicted molar refractivity (Wildman–Crippen MR) is 107 cm³/mol. The van der Waals surface area contributed by atoms with Gasteiger partial charge in [0.05, 0.1) is 32.4 Å². The summed E-state index contributed by atoms with van der Waals surface area (Å²) in [5.74, 6) is 0.452. The Morgan fingerprint density at radius 3 is 2.46 bits per heavy atom. The molecule has 0 radical (unpaired) electrons. The Hall–Kier alpha value is -2.88. The lowest BCUT2D eigenvalue weighted by Crippen LogP contribution is -2.66. The van der Waals surface area contributed by atoms with Gasteiger partial charge in [0.15, 0.2) is 0 Å². The number of aliphatic hydroxyl groups excluding tert-OH is 1. The molecule has 1 fully saturated rings. The number of methoxy groups -OCH3 is 1. The second-order valence-electron chi connectivity index (χ2n) is 7.21. The Morgan fingerprint density at radius 1 is 1.21 bits per heavy atom. The lowest BCUT2D eigenvalue weighted by atomic mass is 9.75. The van der Waals surface area contributed by atoms with Crippen LogP contribution < -0.4 is 4.74 Å². The van der Waals surface area contributed by atoms with E-state index in [9.17, 15) is 15.2 Å². The van der Waals surface area contributed by atoms with Crippen LogP contribution in [0.1, 0.15) is 11.5 Å². The van der Waals surface area contributed by atoms with E-state index in [4.69, 9.17) is 4.74 Å². The zero-order valence-corrected chi connectivity index (χ0v) is 16.4. The summed E-state index contributed by atoms with van der Waals surface area (Å²) < 4.78 is 5.43. The molecule has 146 valence electrons. The van der Waals surface area contributed by atoms with Crippen LogP contribution in [-0.4, -0.2) is 67.3 Å². The number of carbonyl (C=O) groups is 1. The highest BCUT2D eigenvalue weighted by molar-refractivity contribution is 5.81. The number of hydrogen-bond donors (Lipinski definition) is 1. The number of likely N-dealkylation sites (tertiary alicyclic amines) is 1. The van der Waals surface area contributed by atoms with Crippen LogP contribution in [0.2, 0.25) is 0 Å². The molecule has 2 aromatic carbocycles. The third-order valence-electron chi connectivity index (χ3n) is 5.18. The molecule has 28 heavy (non-hydrogen) atoms. The molecule has 1 aliphatic heterocycles. The first-order chi connectivity index (χ1) is 13.5. The van der Waals surface area contributed by atoms with Gasteiger partial charge in [0, 0.05) is 11.5 Å². The molecule has 3 atom stereocenters. The van der Waals surface area contributed by atoms with Crippen molar-refractivity contribution in [2.75, 3.05) is 34.4 Å². The zero-order chi connectivity index (χ0) is 20.3. The van der Waals surface area contributed by atoms with Gasteiger partial charge in [-0.3, -0.25) is 4.79 Å². The van der Waals surface area contributed by atoms with Crippen LogP contribution in [0.4, 0.5) is 0 Å². The highest BCUT2D eigenvalue weighted by Gasteiger charge is 2.51. The van der Waals surface area contributed by atoms with E-state index in [0.717, 1.165) is 22.4 Å². The van der Waals surface area contributed by atoms with Gasteiger partial charge in [-0.05, 0) is 31.3 Å². The maximum absolute atomic E-state index is 12.5. The number of aliphatic hydroxyl groups is 1. The second-order valence-corrected chi connectivity index (χ2v) is 7.21. The molecule has 6 heteroatoms. The van der Waals surface area contributed by atoms with Gasteiger partial charge < -0.3 is 19.6 Å². The number of nitrogens with zero attached hydrogens (tertiary/aromatic N) is 3. The lowest BCUT2D eigenvalue weighted by Gasteiger charge is -2.51. The van der Waals surface area contributed by atoms with Crippen LogP contribution >= 0.6 is 0 Å². The number of nitriles is 1. The Labute approximate surface area is 165 Å². The van der Waals surface area contributed by atoms with E-state index in [0.29, 0.717) is 0 Å². The quantitative estimate of drug-likeness (QED) is 0.832. The van der Waals surface area contributed by atoms with Gasteiger partial charge in [-0.1, -0.05) is 42.5 Å². The van der Waals surface area contributed by atoms with Gasteiger partial charge in [0.2, 0.25) is 5.91 Å². The summed E-state index contributed by atoms with van der Waals surface area (Å²) in [6.45, 7) is 0.0460. The summed E-state index contributed by atoms with van der Waals surface area (Å²) in [4.78, 5) is 15.7.